The molecule has 0 aliphatic rings. The molecule has 0 spiro atoms. The Morgan fingerprint density at radius 1 is 1.28 bits per heavy atom. The Kier molecular flexibility index (Phi) is 3.74. The molecule has 0 saturated heterocycles. The number of aryl methyl sites for hydroxylation is 1. The van der Waals surface area contributed by atoms with Crippen LogP contribution in [0, 0.1) is 6.92 Å². The number of carbonyl (C=O) groups excluding carboxylic acids is 1. The number of nitrogens with one attached hydrogen (secondary N) is 1. The van der Waals surface area contributed by atoms with Gasteiger partial charge in [-0.3, -0.25) is 0 Å². The second-order valence-corrected chi connectivity index (χ2v) is 4.34. The van der Waals surface area contributed by atoms with Crippen LogP contribution in [0.3, 0.4) is 0 Å². The second kappa shape index (κ2) is 5.29. The molecule has 1 amide bonds. The fourth-order valence-corrected chi connectivity index (χ4v) is 1.87. The molecule has 1 heterocycles. The number of amides is 1. The standard InChI is InChI=1S/C13H13N2O2Se/c1-9-12(7-8-15(9)2)13(16)14-10-3-5-11(17-18)6-4-10/h3-8H,1-2H3,(H,14,16). The maximum atomic E-state index is 12.0. The molecule has 0 fully saturated rings. The molecule has 0 aliphatic carbocycles. The first-order valence-electron chi connectivity index (χ1n) is 5.45. The average Bonchev–Trinajstić information content (AvgIpc) is 2.71. The van der Waals surface area contributed by atoms with E-state index in [-0.39, 0.29) is 5.91 Å². The molecule has 0 saturated carbocycles. The number of carbonyl (C=O) groups is 1. The summed E-state index contributed by atoms with van der Waals surface area (Å²) >= 11 is 2.47. The fraction of sp³-hybridized carbons (Fsp3) is 0.154. The SMILES string of the molecule is Cc1c(C(=O)Nc2ccc(O[Se])cc2)ccn1C. The van der Waals surface area contributed by atoms with Crippen molar-refractivity contribution in [3.63, 3.8) is 0 Å². The van der Waals surface area contributed by atoms with Gasteiger partial charge in [-0.15, -0.1) is 0 Å². The molecule has 2 aromatic rings. The molecule has 2 rings (SSSR count). The van der Waals surface area contributed by atoms with Crippen LogP contribution in [0.5, 0.6) is 5.75 Å². The molecule has 5 heteroatoms. The van der Waals surface area contributed by atoms with E-state index < -0.39 is 0 Å². The summed E-state index contributed by atoms with van der Waals surface area (Å²) in [4.78, 5) is 12.0. The van der Waals surface area contributed by atoms with Crippen molar-refractivity contribution in [2.45, 2.75) is 6.92 Å². The first-order valence-corrected chi connectivity index (χ1v) is 6.15. The van der Waals surface area contributed by atoms with Crippen LogP contribution in [-0.2, 0) is 7.05 Å². The van der Waals surface area contributed by atoms with Crippen LogP contribution in [-0.4, -0.2) is 26.8 Å². The number of anilines is 1. The summed E-state index contributed by atoms with van der Waals surface area (Å²) in [5.74, 6) is 0.605. The third-order valence-corrected chi connectivity index (χ3v) is 3.24. The van der Waals surface area contributed by atoms with Crippen LogP contribution in [0.15, 0.2) is 36.5 Å². The Morgan fingerprint density at radius 2 is 1.94 bits per heavy atom. The second-order valence-electron chi connectivity index (χ2n) is 3.99. The summed E-state index contributed by atoms with van der Waals surface area (Å²) in [6.45, 7) is 1.92. The van der Waals surface area contributed by atoms with E-state index in [2.05, 4.69) is 21.7 Å². The molecule has 0 bridgehead atoms. The third-order valence-electron chi connectivity index (χ3n) is 2.84. The van der Waals surface area contributed by atoms with Crippen molar-refractivity contribution in [1.29, 1.82) is 0 Å². The molecule has 4 nitrogen and oxygen atoms in total. The van der Waals surface area contributed by atoms with Gasteiger partial charge in [-0.05, 0) is 0 Å². The molecule has 0 unspecified atom stereocenters. The van der Waals surface area contributed by atoms with Crippen LogP contribution in [0.1, 0.15) is 16.1 Å². The zero-order valence-electron chi connectivity index (χ0n) is 10.1. The molecule has 1 N–H and O–H groups in total. The van der Waals surface area contributed by atoms with Gasteiger partial charge in [0.2, 0.25) is 0 Å². The summed E-state index contributed by atoms with van der Waals surface area (Å²) in [6, 6.07) is 8.96. The van der Waals surface area contributed by atoms with Gasteiger partial charge < -0.3 is 0 Å². The van der Waals surface area contributed by atoms with E-state index in [1.165, 1.54) is 0 Å². The van der Waals surface area contributed by atoms with Gasteiger partial charge >= 0.3 is 114 Å². The van der Waals surface area contributed by atoms with Crippen LogP contribution in [0.4, 0.5) is 5.69 Å². The normalized spacial score (nSPS) is 10.2. The summed E-state index contributed by atoms with van der Waals surface area (Å²) in [5.41, 5.74) is 2.36. The van der Waals surface area contributed by atoms with E-state index >= 15 is 0 Å². The van der Waals surface area contributed by atoms with E-state index in [1.54, 1.807) is 24.3 Å². The Morgan fingerprint density at radius 3 is 2.44 bits per heavy atom. The zero-order valence-corrected chi connectivity index (χ0v) is 11.8. The van der Waals surface area contributed by atoms with E-state index in [0.717, 1.165) is 11.4 Å². The fourth-order valence-electron chi connectivity index (χ4n) is 1.64. The van der Waals surface area contributed by atoms with E-state index in [9.17, 15) is 4.79 Å². The van der Waals surface area contributed by atoms with Gasteiger partial charge in [0.15, 0.2) is 0 Å². The summed E-state index contributed by atoms with van der Waals surface area (Å²) < 4.78 is 6.86. The van der Waals surface area contributed by atoms with Crippen LogP contribution in [0.2, 0.25) is 0 Å². The first-order chi connectivity index (χ1) is 8.61. The van der Waals surface area contributed by atoms with Crippen molar-refractivity contribution in [2.24, 2.45) is 7.05 Å². The minimum atomic E-state index is -0.107. The first kappa shape index (κ1) is 12.7. The number of rotatable bonds is 3. The van der Waals surface area contributed by atoms with Gasteiger partial charge in [-0.1, -0.05) is 0 Å². The Hall–Kier alpha value is -1.71. The Bertz CT molecular complexity index is 561. The number of hydrogen-bond donors (Lipinski definition) is 1. The maximum absolute atomic E-state index is 12.0. The van der Waals surface area contributed by atoms with Gasteiger partial charge in [-0.25, -0.2) is 0 Å². The molecule has 1 aromatic carbocycles. The monoisotopic (exact) mass is 309 g/mol. The average molecular weight is 308 g/mol. The van der Waals surface area contributed by atoms with E-state index in [1.807, 2.05) is 30.8 Å². The molecule has 1 radical (unpaired) electrons. The predicted molar refractivity (Wildman–Crippen MR) is 70.9 cm³/mol. The van der Waals surface area contributed by atoms with Crippen molar-refractivity contribution in [1.82, 2.24) is 4.57 Å². The van der Waals surface area contributed by atoms with Gasteiger partial charge in [-0.2, -0.15) is 0 Å². The molecule has 18 heavy (non-hydrogen) atoms. The molecule has 0 aliphatic heterocycles. The van der Waals surface area contributed by atoms with Gasteiger partial charge in [0.25, 0.3) is 0 Å². The number of nitrogens with zero attached hydrogens (tertiary/aromatic N) is 1. The Labute approximate surface area is 114 Å². The molecule has 0 atom stereocenters. The minimum absolute atomic E-state index is 0.107. The quantitative estimate of drug-likeness (QED) is 0.882. The summed E-state index contributed by atoms with van der Waals surface area (Å²) in [6.07, 6.45) is 1.87. The zero-order chi connectivity index (χ0) is 13.1. The van der Waals surface area contributed by atoms with Gasteiger partial charge in [0.1, 0.15) is 0 Å². The van der Waals surface area contributed by atoms with Crippen molar-refractivity contribution in [3.05, 3.63) is 47.8 Å². The topological polar surface area (TPSA) is 43.3 Å². The van der Waals surface area contributed by atoms with Gasteiger partial charge in [0, 0.05) is 0 Å². The van der Waals surface area contributed by atoms with Crippen molar-refractivity contribution < 1.29 is 8.61 Å². The third kappa shape index (κ3) is 2.58. The summed E-state index contributed by atoms with van der Waals surface area (Å²) in [5, 5.41) is 2.85. The predicted octanol–water partition coefficient (Wildman–Crippen LogP) is 2.05. The van der Waals surface area contributed by atoms with Crippen LogP contribution >= 0.6 is 0 Å². The van der Waals surface area contributed by atoms with Crippen molar-refractivity contribution >= 4 is 27.9 Å². The number of aromatic nitrogens is 1. The van der Waals surface area contributed by atoms with Crippen LogP contribution in [0.25, 0.3) is 0 Å². The molecule has 93 valence electrons. The Balaban J connectivity index is 2.13. The molecule has 1 aromatic heterocycles. The molecular formula is C13H13N2O2Se. The van der Waals surface area contributed by atoms with E-state index in [4.69, 9.17) is 3.82 Å². The number of hydrogen-bond acceptors (Lipinski definition) is 2. The van der Waals surface area contributed by atoms with Crippen LogP contribution < -0.4 is 9.14 Å². The summed E-state index contributed by atoms with van der Waals surface area (Å²) in [7, 11) is 1.91. The van der Waals surface area contributed by atoms with Crippen molar-refractivity contribution in [3.8, 4) is 5.75 Å². The number of benzene rings is 1. The molecular weight excluding hydrogens is 295 g/mol. The van der Waals surface area contributed by atoms with E-state index in [0.29, 0.717) is 11.3 Å². The van der Waals surface area contributed by atoms with Crippen molar-refractivity contribution in [2.75, 3.05) is 5.32 Å². The van der Waals surface area contributed by atoms with Gasteiger partial charge in [0.05, 0.1) is 0 Å².